The number of carbonyl (C=O) groups is 2. The summed E-state index contributed by atoms with van der Waals surface area (Å²) in [7, 11) is 3.22. The molecule has 0 fully saturated rings. The summed E-state index contributed by atoms with van der Waals surface area (Å²) in [4.78, 5) is 25.0. The van der Waals surface area contributed by atoms with Crippen molar-refractivity contribution < 1.29 is 19.1 Å². The van der Waals surface area contributed by atoms with Gasteiger partial charge in [0.05, 0.1) is 14.2 Å². The van der Waals surface area contributed by atoms with Crippen LogP contribution in [0.2, 0.25) is 0 Å². The number of rotatable bonds is 9. The molecule has 0 spiro atoms. The van der Waals surface area contributed by atoms with Crippen molar-refractivity contribution in [3.63, 3.8) is 0 Å². The van der Waals surface area contributed by atoms with Gasteiger partial charge >= 0.3 is 0 Å². The summed E-state index contributed by atoms with van der Waals surface area (Å²) in [5, 5.41) is 5.58. The lowest BCUT2D eigenvalue weighted by Crippen LogP contribution is -2.47. The highest BCUT2D eigenvalue weighted by Crippen LogP contribution is 2.22. The topological polar surface area (TPSA) is 76.7 Å². The molecule has 0 radical (unpaired) electrons. The van der Waals surface area contributed by atoms with Gasteiger partial charge in [-0.1, -0.05) is 12.1 Å². The highest BCUT2D eigenvalue weighted by Gasteiger charge is 2.19. The molecule has 1 atom stereocenters. The van der Waals surface area contributed by atoms with Gasteiger partial charge in [0.15, 0.2) is 0 Å². The zero-order valence-electron chi connectivity index (χ0n) is 15.7. The number of carbonyl (C=O) groups excluding carboxylic acids is 2. The fourth-order valence-corrected chi connectivity index (χ4v) is 3.26. The average molecular weight is 388 g/mol. The van der Waals surface area contributed by atoms with Crippen LogP contribution in [0.15, 0.2) is 53.4 Å². The molecule has 2 N–H and O–H groups in total. The van der Waals surface area contributed by atoms with Crippen LogP contribution in [-0.4, -0.2) is 37.8 Å². The molecule has 0 aromatic heterocycles. The molecule has 2 amide bonds. The number of hydrogen-bond donors (Lipinski definition) is 2. The van der Waals surface area contributed by atoms with Gasteiger partial charge in [0.2, 0.25) is 11.8 Å². The normalized spacial score (nSPS) is 11.4. The molecular formula is C20H24N2O4S. The van der Waals surface area contributed by atoms with Crippen LogP contribution < -0.4 is 20.1 Å². The number of amides is 2. The van der Waals surface area contributed by atoms with E-state index >= 15 is 0 Å². The maximum atomic E-state index is 12.5. The smallest absolute Gasteiger partial charge is 0.243 e. The zero-order valence-corrected chi connectivity index (χ0v) is 16.5. The molecule has 0 heterocycles. The summed E-state index contributed by atoms with van der Waals surface area (Å²) < 4.78 is 10.3. The molecule has 7 heteroatoms. The van der Waals surface area contributed by atoms with E-state index in [9.17, 15) is 9.59 Å². The standard InChI is InChI=1S/C20H24N2O4S/c1-14(23)22-19(13-27-18-10-8-17(26-3)9-11-18)20(24)21-12-15-4-6-16(25-2)7-5-15/h4-11,19H,12-13H2,1-3H3,(H,21,24)(H,22,23). The second kappa shape index (κ2) is 10.5. The van der Waals surface area contributed by atoms with Gasteiger partial charge in [-0.2, -0.15) is 0 Å². The number of benzene rings is 2. The molecule has 0 aliphatic carbocycles. The number of ether oxygens (including phenoxy) is 2. The fraction of sp³-hybridized carbons (Fsp3) is 0.300. The largest absolute Gasteiger partial charge is 0.497 e. The molecule has 1 unspecified atom stereocenters. The van der Waals surface area contributed by atoms with Crippen molar-refractivity contribution in [3.8, 4) is 11.5 Å². The van der Waals surface area contributed by atoms with Crippen LogP contribution in [0.4, 0.5) is 0 Å². The molecule has 0 saturated carbocycles. The predicted molar refractivity (Wildman–Crippen MR) is 106 cm³/mol. The van der Waals surface area contributed by atoms with E-state index in [0.29, 0.717) is 12.3 Å². The monoisotopic (exact) mass is 388 g/mol. The van der Waals surface area contributed by atoms with Gasteiger partial charge in [-0.05, 0) is 42.0 Å². The van der Waals surface area contributed by atoms with Crippen LogP contribution in [0.25, 0.3) is 0 Å². The van der Waals surface area contributed by atoms with Crippen molar-refractivity contribution in [1.82, 2.24) is 10.6 Å². The van der Waals surface area contributed by atoms with E-state index in [1.54, 1.807) is 14.2 Å². The van der Waals surface area contributed by atoms with Crippen LogP contribution in [0.3, 0.4) is 0 Å². The first-order valence-electron chi connectivity index (χ1n) is 8.46. The van der Waals surface area contributed by atoms with Gasteiger partial charge in [-0.15, -0.1) is 11.8 Å². The lowest BCUT2D eigenvalue weighted by Gasteiger charge is -2.17. The van der Waals surface area contributed by atoms with E-state index in [-0.39, 0.29) is 11.8 Å². The van der Waals surface area contributed by atoms with Crippen molar-refractivity contribution in [2.75, 3.05) is 20.0 Å². The first-order chi connectivity index (χ1) is 13.0. The average Bonchev–Trinajstić information content (AvgIpc) is 2.69. The first kappa shape index (κ1) is 20.6. The Morgan fingerprint density at radius 1 is 0.963 bits per heavy atom. The Bertz CT molecular complexity index is 748. The maximum Gasteiger partial charge on any atom is 0.243 e. The molecular weight excluding hydrogens is 364 g/mol. The van der Waals surface area contributed by atoms with Crippen LogP contribution in [-0.2, 0) is 16.1 Å². The lowest BCUT2D eigenvalue weighted by atomic mass is 10.2. The minimum Gasteiger partial charge on any atom is -0.497 e. The second-order valence-electron chi connectivity index (χ2n) is 5.81. The molecule has 27 heavy (non-hydrogen) atoms. The summed E-state index contributed by atoms with van der Waals surface area (Å²) in [6.07, 6.45) is 0. The van der Waals surface area contributed by atoms with Crippen molar-refractivity contribution in [1.29, 1.82) is 0 Å². The number of thioether (sulfide) groups is 1. The van der Waals surface area contributed by atoms with Gasteiger partial charge in [-0.3, -0.25) is 9.59 Å². The number of hydrogen-bond acceptors (Lipinski definition) is 5. The van der Waals surface area contributed by atoms with Crippen LogP contribution in [0.5, 0.6) is 11.5 Å². The van der Waals surface area contributed by atoms with E-state index in [4.69, 9.17) is 9.47 Å². The van der Waals surface area contributed by atoms with E-state index in [1.807, 2.05) is 48.5 Å². The van der Waals surface area contributed by atoms with Gasteiger partial charge in [0.1, 0.15) is 17.5 Å². The van der Waals surface area contributed by atoms with Crippen molar-refractivity contribution in [3.05, 3.63) is 54.1 Å². The molecule has 0 saturated heterocycles. The quantitative estimate of drug-likeness (QED) is 0.646. The Labute approximate surface area is 163 Å². The summed E-state index contributed by atoms with van der Waals surface area (Å²) in [6, 6.07) is 14.4. The summed E-state index contributed by atoms with van der Waals surface area (Å²) in [5.74, 6) is 1.50. The molecule has 0 aliphatic heterocycles. The third-order valence-corrected chi connectivity index (χ3v) is 4.90. The van der Waals surface area contributed by atoms with Crippen molar-refractivity contribution in [2.45, 2.75) is 24.4 Å². The summed E-state index contributed by atoms with van der Waals surface area (Å²) >= 11 is 1.50. The summed E-state index contributed by atoms with van der Waals surface area (Å²) in [6.45, 7) is 1.79. The second-order valence-corrected chi connectivity index (χ2v) is 6.90. The Kier molecular flexibility index (Phi) is 8.00. The van der Waals surface area contributed by atoms with E-state index in [0.717, 1.165) is 22.0 Å². The highest BCUT2D eigenvalue weighted by molar-refractivity contribution is 7.99. The third kappa shape index (κ3) is 6.86. The Hall–Kier alpha value is -2.67. The molecule has 6 nitrogen and oxygen atoms in total. The lowest BCUT2D eigenvalue weighted by molar-refractivity contribution is -0.127. The maximum absolute atomic E-state index is 12.5. The summed E-state index contributed by atoms with van der Waals surface area (Å²) in [5.41, 5.74) is 0.952. The molecule has 2 aromatic rings. The van der Waals surface area contributed by atoms with Crippen LogP contribution in [0.1, 0.15) is 12.5 Å². The van der Waals surface area contributed by atoms with E-state index in [2.05, 4.69) is 10.6 Å². The highest BCUT2D eigenvalue weighted by atomic mass is 32.2. The van der Waals surface area contributed by atoms with Crippen LogP contribution >= 0.6 is 11.8 Å². The Morgan fingerprint density at radius 3 is 2.04 bits per heavy atom. The predicted octanol–water partition coefficient (Wildman–Crippen LogP) is 2.62. The van der Waals surface area contributed by atoms with Crippen molar-refractivity contribution in [2.24, 2.45) is 0 Å². The zero-order chi connectivity index (χ0) is 19.6. The van der Waals surface area contributed by atoms with Gasteiger partial charge in [0.25, 0.3) is 0 Å². The first-order valence-corrected chi connectivity index (χ1v) is 9.45. The third-order valence-electron chi connectivity index (χ3n) is 3.80. The van der Waals surface area contributed by atoms with Gasteiger partial charge in [0, 0.05) is 24.1 Å². The molecule has 2 aromatic carbocycles. The Balaban J connectivity index is 1.92. The van der Waals surface area contributed by atoms with Gasteiger partial charge < -0.3 is 20.1 Å². The SMILES string of the molecule is COc1ccc(CNC(=O)C(CSc2ccc(OC)cc2)NC(C)=O)cc1. The van der Waals surface area contributed by atoms with Crippen molar-refractivity contribution >= 4 is 23.6 Å². The Morgan fingerprint density at radius 2 is 1.52 bits per heavy atom. The van der Waals surface area contributed by atoms with E-state index < -0.39 is 6.04 Å². The van der Waals surface area contributed by atoms with E-state index in [1.165, 1.54) is 18.7 Å². The molecule has 2 rings (SSSR count). The minimum absolute atomic E-state index is 0.220. The molecule has 0 aliphatic rings. The van der Waals surface area contributed by atoms with Gasteiger partial charge in [-0.25, -0.2) is 0 Å². The minimum atomic E-state index is -0.618. The molecule has 0 bridgehead atoms. The fourth-order valence-electron chi connectivity index (χ4n) is 2.34. The van der Waals surface area contributed by atoms with Crippen LogP contribution in [0, 0.1) is 0 Å². The number of nitrogens with one attached hydrogen (secondary N) is 2. The number of methoxy groups -OCH3 is 2. The molecule has 144 valence electrons.